The average Bonchev–Trinajstić information content (AvgIpc) is 1.55. The van der Waals surface area contributed by atoms with Crippen molar-refractivity contribution in [3.63, 3.8) is 0 Å². The van der Waals surface area contributed by atoms with Crippen LogP contribution in [0.1, 0.15) is 131 Å². The van der Waals surface area contributed by atoms with Crippen molar-refractivity contribution in [1.82, 2.24) is 68.8 Å². The van der Waals surface area contributed by atoms with Gasteiger partial charge in [-0.3, -0.25) is 57.5 Å². The summed E-state index contributed by atoms with van der Waals surface area (Å²) in [5, 5.41) is 94.4. The van der Waals surface area contributed by atoms with Crippen LogP contribution in [0.15, 0.2) is 85.1 Å². The summed E-state index contributed by atoms with van der Waals surface area (Å²) >= 11 is 0. The molecule has 35 nitrogen and oxygen atoms in total. The van der Waals surface area contributed by atoms with E-state index in [1.165, 1.54) is 72.7 Å². The third-order valence-electron chi connectivity index (χ3n) is 18.3. The Balaban J connectivity index is 1.49. The number of carbonyl (C=O) groups excluding carboxylic acids is 12. The number of aromatic nitrogens is 1. The molecule has 0 saturated carbocycles. The van der Waals surface area contributed by atoms with Crippen LogP contribution in [-0.4, -0.2) is 229 Å². The number of phenols is 1. The van der Waals surface area contributed by atoms with Gasteiger partial charge in [-0.2, -0.15) is 0 Å². The van der Waals surface area contributed by atoms with E-state index in [1.807, 2.05) is 0 Å². The SMILES string of the molecule is CC(C)[C@H](NC(=O)[C@H](Cc1c[nH]c2ccccc12)NC(=O)[C@@H](NC(=O)[C@H](CCCCN)NC(=O)[C@@H](NC(=O)[C@@H](NC(=O)[C@@H](NC(=O)[C@@H](NC(=O)[C@H](C)NC(=O)[C@H](Cc1ccccc1)NC(=O)[C@@H](NC(=O)[C@H](Cc1ccc(O)cc1)NC(=O)[C@@H](N)CCCCN)[C@@H](C)O)C(C)C)[C@@H](C)O)[C@@H](C)O)C(C)C)[C@@H](C)O)C(=O)O. The number of amides is 12. The van der Waals surface area contributed by atoms with Crippen LogP contribution in [0.5, 0.6) is 5.75 Å². The molecule has 1 aromatic heterocycles. The number of aromatic hydroxyl groups is 1. The Morgan fingerprint density at radius 1 is 0.364 bits per heavy atom. The van der Waals surface area contributed by atoms with Crippen LogP contribution in [0.4, 0.5) is 0 Å². The van der Waals surface area contributed by atoms with Gasteiger partial charge >= 0.3 is 5.97 Å². The van der Waals surface area contributed by atoms with Gasteiger partial charge in [-0.25, -0.2) is 4.79 Å². The summed E-state index contributed by atoms with van der Waals surface area (Å²) in [6.07, 6.45) is -3.76. The third kappa shape index (κ3) is 29.0. The van der Waals surface area contributed by atoms with Crippen LogP contribution in [-0.2, 0) is 81.6 Å². The number of carboxylic acid groups (broad SMARTS) is 1. The molecular formula is C75H114N16O19. The lowest BCUT2D eigenvalue weighted by Crippen LogP contribution is -2.64. The summed E-state index contributed by atoms with van der Waals surface area (Å²) in [6, 6.07) is 1.15. The number of hydrogen-bond donors (Lipinski definition) is 22. The van der Waals surface area contributed by atoms with Gasteiger partial charge in [0.15, 0.2) is 0 Å². The molecule has 4 aromatic rings. The minimum absolute atomic E-state index is 0.0674. The minimum Gasteiger partial charge on any atom is -0.508 e. The molecule has 25 N–H and O–H groups in total. The van der Waals surface area contributed by atoms with E-state index in [2.05, 4.69) is 68.8 Å². The molecule has 0 aliphatic rings. The summed E-state index contributed by atoms with van der Waals surface area (Å²) in [7, 11) is 0. The Morgan fingerprint density at radius 3 is 1.16 bits per heavy atom. The van der Waals surface area contributed by atoms with Crippen molar-refractivity contribution in [2.45, 2.75) is 237 Å². The zero-order valence-electron chi connectivity index (χ0n) is 64.1. The van der Waals surface area contributed by atoms with Gasteiger partial charge < -0.3 is 117 Å². The highest BCUT2D eigenvalue weighted by Gasteiger charge is 2.41. The topological polar surface area (TPSA) is 581 Å². The van der Waals surface area contributed by atoms with Gasteiger partial charge in [0.2, 0.25) is 70.9 Å². The number of aliphatic carboxylic acids is 1. The average molecular weight is 1540 g/mol. The Bertz CT molecular complexity index is 3720. The van der Waals surface area contributed by atoms with Crippen molar-refractivity contribution in [2.75, 3.05) is 13.1 Å². The van der Waals surface area contributed by atoms with Gasteiger partial charge in [-0.1, -0.05) is 109 Å². The zero-order chi connectivity index (χ0) is 82.4. The van der Waals surface area contributed by atoms with E-state index >= 15 is 0 Å². The lowest BCUT2D eigenvalue weighted by Gasteiger charge is -2.31. The molecule has 0 fully saturated rings. The van der Waals surface area contributed by atoms with Crippen LogP contribution in [0, 0.1) is 17.8 Å². The Morgan fingerprint density at radius 2 is 0.709 bits per heavy atom. The number of H-pyrrole nitrogens is 1. The first-order valence-electron chi connectivity index (χ1n) is 36.9. The van der Waals surface area contributed by atoms with Crippen molar-refractivity contribution < 1.29 is 93.0 Å². The number of rotatable bonds is 46. The second kappa shape index (κ2) is 45.1. The van der Waals surface area contributed by atoms with E-state index in [-0.39, 0.29) is 50.8 Å². The number of aromatic amines is 1. The molecule has 4 rings (SSSR count). The maximum Gasteiger partial charge on any atom is 0.326 e. The highest BCUT2D eigenvalue weighted by molar-refractivity contribution is 6.00. The quantitative estimate of drug-likeness (QED) is 0.0195. The maximum atomic E-state index is 14.3. The van der Waals surface area contributed by atoms with Crippen LogP contribution in [0.25, 0.3) is 10.9 Å². The molecular weight excluding hydrogens is 1430 g/mol. The molecule has 110 heavy (non-hydrogen) atoms. The molecule has 0 radical (unpaired) electrons. The first kappa shape index (κ1) is 92.2. The predicted octanol–water partition coefficient (Wildman–Crippen LogP) is -3.10. The monoisotopic (exact) mass is 1540 g/mol. The fourth-order valence-electron chi connectivity index (χ4n) is 11.7. The van der Waals surface area contributed by atoms with E-state index in [0.29, 0.717) is 53.4 Å². The van der Waals surface area contributed by atoms with E-state index in [0.717, 1.165) is 13.8 Å². The Kier molecular flexibility index (Phi) is 37.8. The van der Waals surface area contributed by atoms with Crippen LogP contribution in [0.2, 0.25) is 0 Å². The van der Waals surface area contributed by atoms with Gasteiger partial charge in [0, 0.05) is 36.4 Å². The van der Waals surface area contributed by atoms with Gasteiger partial charge in [0.05, 0.1) is 30.5 Å². The number of carbonyl (C=O) groups is 13. The predicted molar refractivity (Wildman–Crippen MR) is 405 cm³/mol. The minimum atomic E-state index is -1.90. The van der Waals surface area contributed by atoms with Crippen LogP contribution < -0.4 is 81.0 Å². The van der Waals surface area contributed by atoms with Crippen molar-refractivity contribution in [3.05, 3.63) is 102 Å². The van der Waals surface area contributed by atoms with Gasteiger partial charge in [-0.15, -0.1) is 0 Å². The fourth-order valence-corrected chi connectivity index (χ4v) is 11.7. The lowest BCUT2D eigenvalue weighted by molar-refractivity contribution is -0.143. The molecule has 0 aliphatic heterocycles. The summed E-state index contributed by atoms with van der Waals surface area (Å²) in [5.74, 6) is -15.4. The first-order valence-corrected chi connectivity index (χ1v) is 36.9. The van der Waals surface area contributed by atoms with Crippen molar-refractivity contribution in [3.8, 4) is 5.75 Å². The molecule has 0 spiro atoms. The molecule has 12 amide bonds. The number of phenolic OH excluding ortho intramolecular Hbond substituents is 1. The summed E-state index contributed by atoms with van der Waals surface area (Å²) in [4.78, 5) is 185. The number of fused-ring (bicyclic) bond motifs is 1. The molecule has 0 saturated heterocycles. The zero-order valence-corrected chi connectivity index (χ0v) is 64.1. The number of carboxylic acids is 1. The number of aliphatic hydroxyl groups is 4. The summed E-state index contributed by atoms with van der Waals surface area (Å²) in [6.45, 7) is 15.7. The van der Waals surface area contributed by atoms with E-state index in [9.17, 15) is 93.0 Å². The van der Waals surface area contributed by atoms with Gasteiger partial charge in [-0.05, 0) is 132 Å². The van der Waals surface area contributed by atoms with E-state index in [4.69, 9.17) is 17.2 Å². The number of hydrogen-bond acceptors (Lipinski definition) is 21. The molecule has 608 valence electrons. The Hall–Kier alpha value is -10.2. The maximum absolute atomic E-state index is 14.3. The second-order valence-electron chi connectivity index (χ2n) is 28.7. The van der Waals surface area contributed by atoms with Crippen molar-refractivity contribution >= 4 is 87.8 Å². The Labute approximate surface area is 639 Å². The molecule has 0 unspecified atom stereocenters. The fraction of sp³-hybridized carbons (Fsp3) is 0.560. The highest BCUT2D eigenvalue weighted by atomic mass is 16.4. The van der Waals surface area contributed by atoms with Crippen molar-refractivity contribution in [1.29, 1.82) is 0 Å². The summed E-state index contributed by atoms with van der Waals surface area (Å²) in [5.41, 5.74) is 19.8. The molecule has 0 bridgehead atoms. The molecule has 35 heteroatoms. The largest absolute Gasteiger partial charge is 0.508 e. The van der Waals surface area contributed by atoms with Gasteiger partial charge in [0.1, 0.15) is 78.3 Å². The standard InChI is InChI=1S/C75H114N16O19/c1-37(2)56(69(103)81-52(26-18-20-32-77)65(99)88-59(41(8)92)72(106)84-55(68(102)87-58(39(5)6)75(109)110)35-47-36-79-51-25-16-15-23-49(47)51)86-73(107)61(43(10)94)91-74(108)62(44(11)95)90-70(104)57(38(3)4)85-63(97)40(7)80-66(100)53(33-45-21-13-12-14-22-45)83-71(105)60(42(9)93)89-67(101)54(34-46-27-29-48(96)30-28-46)82-64(98)50(78)24-17-19-31-76/h12-16,21-23,25,27-30,36-44,50,52-62,79,92-96H,17-20,24,26,31-35,76-78H2,1-11H3,(H,80,100)(H,81,103)(H,82,98)(H,83,105)(H,84,106)(H,85,97)(H,86,107)(H,87,102)(H,88,99)(H,89,101)(H,90,104)(H,91,108)(H,109,110)/t40-,41+,42+,43+,44+,50-,52-,53-,54-,55-,56-,57-,58-,59-,60-,61-,62-/m0/s1. The number of benzene rings is 3. The highest BCUT2D eigenvalue weighted by Crippen LogP contribution is 2.21. The number of para-hydroxylation sites is 1. The number of nitrogens with one attached hydrogen (secondary N) is 13. The first-order chi connectivity index (χ1) is 51.8. The summed E-state index contributed by atoms with van der Waals surface area (Å²) < 4.78 is 0. The normalized spacial score (nSPS) is 16.1. The van der Waals surface area contributed by atoms with Crippen LogP contribution >= 0.6 is 0 Å². The third-order valence-corrected chi connectivity index (χ3v) is 18.3. The van der Waals surface area contributed by atoms with Gasteiger partial charge in [0.25, 0.3) is 0 Å². The number of nitrogens with two attached hydrogens (primary N) is 3. The molecule has 17 atom stereocenters. The smallest absolute Gasteiger partial charge is 0.326 e. The van der Waals surface area contributed by atoms with E-state index in [1.54, 1.807) is 74.6 Å². The molecule has 0 aliphatic carbocycles. The second-order valence-corrected chi connectivity index (χ2v) is 28.7. The molecule has 3 aromatic carbocycles. The lowest BCUT2D eigenvalue weighted by atomic mass is 10.00. The van der Waals surface area contributed by atoms with E-state index < -0.39 is 198 Å². The number of unbranched alkanes of at least 4 members (excludes halogenated alkanes) is 2. The van der Waals surface area contributed by atoms with Crippen LogP contribution in [0.3, 0.4) is 0 Å². The van der Waals surface area contributed by atoms with Crippen molar-refractivity contribution in [2.24, 2.45) is 35.0 Å². The number of aliphatic hydroxyl groups excluding tert-OH is 4. The molecule has 1 heterocycles.